The van der Waals surface area contributed by atoms with Crippen molar-refractivity contribution in [3.63, 3.8) is 0 Å². The topological polar surface area (TPSA) is 307 Å². The van der Waals surface area contributed by atoms with E-state index in [0.29, 0.717) is 12.8 Å². The van der Waals surface area contributed by atoms with Crippen molar-refractivity contribution in [2.45, 2.75) is 343 Å². The van der Waals surface area contributed by atoms with Crippen LogP contribution in [0.5, 0.6) is 0 Å². The second-order valence-corrected chi connectivity index (χ2v) is 26.0. The molecule has 0 bridgehead atoms. The molecular weight excluding hydrogens is 1230 g/mol. The Hall–Kier alpha value is -3.55. The van der Waals surface area contributed by atoms with Crippen molar-refractivity contribution in [3.8, 4) is 0 Å². The molecule has 0 radical (unpaired) electrons. The number of hydrogen-bond acceptors (Lipinski definition) is 18. The molecule has 3 heterocycles. The van der Waals surface area contributed by atoms with Crippen LogP contribution >= 0.6 is 0 Å². The van der Waals surface area contributed by atoms with Crippen molar-refractivity contribution in [1.29, 1.82) is 0 Å². The average molecular weight is 1360 g/mol. The summed E-state index contributed by atoms with van der Waals surface area (Å²) in [6, 6.07) is -1.01. The summed E-state index contributed by atoms with van der Waals surface area (Å²) in [4.78, 5) is 13.4. The molecule has 12 N–H and O–H groups in total. The van der Waals surface area contributed by atoms with E-state index in [0.717, 1.165) is 96.3 Å². The van der Waals surface area contributed by atoms with Crippen LogP contribution in [-0.4, -0.2) is 193 Å². The van der Waals surface area contributed by atoms with Gasteiger partial charge in [0.05, 0.1) is 38.6 Å². The first-order valence-electron chi connectivity index (χ1n) is 37.1. The monoisotopic (exact) mass is 1360 g/mol. The minimum absolute atomic E-state index is 0.223. The molecule has 0 aromatic carbocycles. The number of carbonyl (C=O) groups excluding carboxylic acids is 1. The Morgan fingerprint density at radius 1 is 0.385 bits per heavy atom. The minimum Gasteiger partial charge on any atom is -0.394 e. The van der Waals surface area contributed by atoms with E-state index >= 15 is 0 Å². The van der Waals surface area contributed by atoms with Gasteiger partial charge >= 0.3 is 0 Å². The molecule has 0 spiro atoms. The summed E-state index contributed by atoms with van der Waals surface area (Å²) in [6.45, 7) is 1.59. The Balaban J connectivity index is 1.41. The van der Waals surface area contributed by atoms with Crippen molar-refractivity contribution >= 4 is 5.91 Å². The molecule has 19 heteroatoms. The van der Waals surface area contributed by atoms with E-state index in [1.54, 1.807) is 6.08 Å². The first kappa shape index (κ1) is 86.7. The van der Waals surface area contributed by atoms with E-state index in [2.05, 4.69) is 116 Å². The quantitative estimate of drug-likeness (QED) is 0.0199. The normalized spacial score (nSPS) is 27.7. The molecule has 3 fully saturated rings. The van der Waals surface area contributed by atoms with Gasteiger partial charge in [-0.15, -0.1) is 0 Å². The first-order chi connectivity index (χ1) is 46.8. The fraction of sp³-hybridized carbons (Fsp3) is 0.753. The molecule has 3 saturated heterocycles. The summed E-state index contributed by atoms with van der Waals surface area (Å²) < 4.78 is 34.4. The molecule has 3 aliphatic heterocycles. The predicted molar refractivity (Wildman–Crippen MR) is 378 cm³/mol. The molecule has 96 heavy (non-hydrogen) atoms. The predicted octanol–water partition coefficient (Wildman–Crippen LogP) is 11.0. The van der Waals surface area contributed by atoms with E-state index < -0.39 is 124 Å². The van der Waals surface area contributed by atoms with Crippen LogP contribution in [0.15, 0.2) is 109 Å². The summed E-state index contributed by atoms with van der Waals surface area (Å²) in [5, 5.41) is 121. The van der Waals surface area contributed by atoms with Crippen molar-refractivity contribution in [2.75, 3.05) is 26.4 Å². The lowest BCUT2D eigenvalue weighted by Crippen LogP contribution is -2.66. The van der Waals surface area contributed by atoms with Gasteiger partial charge in [0, 0.05) is 6.42 Å². The fourth-order valence-corrected chi connectivity index (χ4v) is 11.8. The third kappa shape index (κ3) is 37.8. The lowest BCUT2D eigenvalue weighted by atomic mass is 9.96. The van der Waals surface area contributed by atoms with Gasteiger partial charge in [0.2, 0.25) is 5.91 Å². The van der Waals surface area contributed by atoms with Gasteiger partial charge in [-0.25, -0.2) is 0 Å². The zero-order valence-corrected chi connectivity index (χ0v) is 58.6. The number of nitrogens with one attached hydrogen (secondary N) is 1. The maximum absolute atomic E-state index is 13.4. The van der Waals surface area contributed by atoms with Crippen LogP contribution in [-0.2, 0) is 33.2 Å². The molecule has 17 unspecified atom stereocenters. The highest BCUT2D eigenvalue weighted by Crippen LogP contribution is 2.33. The van der Waals surface area contributed by atoms with Crippen molar-refractivity contribution in [1.82, 2.24) is 5.32 Å². The molecule has 19 nitrogen and oxygen atoms in total. The third-order valence-corrected chi connectivity index (χ3v) is 17.8. The zero-order chi connectivity index (χ0) is 69.6. The molecule has 3 aliphatic rings. The summed E-state index contributed by atoms with van der Waals surface area (Å²) in [5.74, 6) is -0.295. The SMILES string of the molecule is CC/C=C\C/C=C\C/C=C\C/C=C\C/C=C\C/C=C\CCCCCCCCCCCCCCC(=O)NC(COC1OC(CO)C(OC2OC(CO)C(OC3OC(CO)C(O)C(O)C3O)C(O)C2O)C(O)C1O)C(O)/C=C/CC/C=C/CC/C=C/CCCCCCCCCCCC. The van der Waals surface area contributed by atoms with Crippen molar-refractivity contribution in [3.05, 3.63) is 109 Å². The molecule has 0 saturated carbocycles. The summed E-state index contributed by atoms with van der Waals surface area (Å²) >= 11 is 0. The molecule has 3 rings (SSSR count). The van der Waals surface area contributed by atoms with E-state index in [-0.39, 0.29) is 18.9 Å². The fourth-order valence-electron chi connectivity index (χ4n) is 11.8. The number of ether oxygens (including phenoxy) is 6. The van der Waals surface area contributed by atoms with Crippen LogP contribution in [0.2, 0.25) is 0 Å². The maximum atomic E-state index is 13.4. The highest BCUT2D eigenvalue weighted by molar-refractivity contribution is 5.76. The number of carbonyl (C=O) groups is 1. The summed E-state index contributed by atoms with van der Waals surface area (Å²) in [7, 11) is 0. The second kappa shape index (κ2) is 57.1. The highest BCUT2D eigenvalue weighted by Gasteiger charge is 2.53. The number of rotatable bonds is 56. The van der Waals surface area contributed by atoms with E-state index in [1.165, 1.54) is 109 Å². The molecule has 1 amide bonds. The number of aliphatic hydroxyl groups excluding tert-OH is 11. The van der Waals surface area contributed by atoms with E-state index in [9.17, 15) is 61.0 Å². The second-order valence-electron chi connectivity index (χ2n) is 26.0. The van der Waals surface area contributed by atoms with Gasteiger partial charge in [0.15, 0.2) is 18.9 Å². The lowest BCUT2D eigenvalue weighted by Gasteiger charge is -2.48. The van der Waals surface area contributed by atoms with Crippen LogP contribution < -0.4 is 5.32 Å². The molecule has 17 atom stereocenters. The smallest absolute Gasteiger partial charge is 0.220 e. The number of hydrogen-bond donors (Lipinski definition) is 12. The Kier molecular flexibility index (Phi) is 51.6. The first-order valence-corrected chi connectivity index (χ1v) is 37.1. The van der Waals surface area contributed by atoms with Gasteiger partial charge in [-0.3, -0.25) is 4.79 Å². The molecule has 0 aliphatic carbocycles. The summed E-state index contributed by atoms with van der Waals surface area (Å²) in [5.41, 5.74) is 0. The zero-order valence-electron chi connectivity index (χ0n) is 58.6. The van der Waals surface area contributed by atoms with Crippen LogP contribution in [0.25, 0.3) is 0 Å². The van der Waals surface area contributed by atoms with Crippen LogP contribution in [0, 0.1) is 0 Å². The Morgan fingerprint density at radius 3 is 1.17 bits per heavy atom. The van der Waals surface area contributed by atoms with Gasteiger partial charge < -0.3 is 89.9 Å². The van der Waals surface area contributed by atoms with Gasteiger partial charge in [0.1, 0.15) is 73.2 Å². The highest BCUT2D eigenvalue weighted by atomic mass is 16.8. The largest absolute Gasteiger partial charge is 0.394 e. The number of unbranched alkanes of at least 4 members (excludes halogenated alkanes) is 24. The van der Waals surface area contributed by atoms with Crippen LogP contribution in [0.1, 0.15) is 239 Å². The molecule has 0 aromatic rings. The maximum Gasteiger partial charge on any atom is 0.220 e. The van der Waals surface area contributed by atoms with Crippen LogP contribution in [0.3, 0.4) is 0 Å². The van der Waals surface area contributed by atoms with Crippen molar-refractivity contribution in [2.24, 2.45) is 0 Å². The number of amides is 1. The van der Waals surface area contributed by atoms with Crippen molar-refractivity contribution < 1.29 is 89.4 Å². The van der Waals surface area contributed by atoms with Gasteiger partial charge in [-0.1, -0.05) is 245 Å². The number of allylic oxidation sites excluding steroid dienone is 17. The minimum atomic E-state index is -1.99. The molecular formula is C77H131NO18. The van der Waals surface area contributed by atoms with Gasteiger partial charge in [-0.2, -0.15) is 0 Å². The average Bonchev–Trinajstić information content (AvgIpc) is 0.786. The molecule has 552 valence electrons. The van der Waals surface area contributed by atoms with Crippen LogP contribution in [0.4, 0.5) is 0 Å². The van der Waals surface area contributed by atoms with E-state index in [4.69, 9.17) is 28.4 Å². The standard InChI is InChI=1S/C77H131NO18/c1-3-5-7-9-11-13-15-17-19-21-23-25-26-27-28-29-30-31-32-33-34-35-37-39-41-43-45-47-49-51-53-55-65(83)78-60(61(82)54-52-50-48-46-44-42-40-38-36-24-22-20-18-16-14-12-10-8-6-4-2)59-91-75-71(89)68(86)73(63(57-80)93-75)96-77-72(90)69(87)74(64(58-81)94-77)95-76-70(88)67(85)66(84)62(56-79)92-76/h5,7,11,13,17,19,23,25,27-28,30-31,36,38,44,46,52,54,60-64,66-77,79-82,84-90H,3-4,6,8-10,12,14-16,18,20-22,24,26,29,32-35,37,39-43,45,47-51,53,55-59H2,1-2H3,(H,78,83)/b7-5-,13-11-,19-17-,25-23-,28-27-,31-30-,38-36+,46-44+,54-52+. The van der Waals surface area contributed by atoms with Gasteiger partial charge in [-0.05, 0) is 96.3 Å². The van der Waals surface area contributed by atoms with Gasteiger partial charge in [0.25, 0.3) is 0 Å². The lowest BCUT2D eigenvalue weighted by molar-refractivity contribution is -0.379. The Labute approximate surface area is 576 Å². The third-order valence-electron chi connectivity index (χ3n) is 17.8. The Morgan fingerprint density at radius 2 is 0.729 bits per heavy atom. The van der Waals surface area contributed by atoms with E-state index in [1.807, 2.05) is 6.08 Å². The summed E-state index contributed by atoms with van der Waals surface area (Å²) in [6.07, 6.45) is 50.6. The number of aliphatic hydroxyl groups is 11. The molecule has 0 aromatic heterocycles. The Bertz CT molecular complexity index is 2160.